The Morgan fingerprint density at radius 1 is 1.14 bits per heavy atom. The molecule has 0 heterocycles. The number of nitrogens with one attached hydrogen (secondary N) is 1. The first-order chi connectivity index (χ1) is 9.73. The monoisotopic (exact) mass is 291 g/mol. The summed E-state index contributed by atoms with van der Waals surface area (Å²) in [6.07, 6.45) is 0. The molecule has 21 heavy (non-hydrogen) atoms. The van der Waals surface area contributed by atoms with E-state index in [2.05, 4.69) is 38.0 Å². The topological polar surface area (TPSA) is 68.9 Å². The summed E-state index contributed by atoms with van der Waals surface area (Å²) in [6.45, 7) is 8.84. The van der Waals surface area contributed by atoms with Crippen LogP contribution in [0.25, 0.3) is 0 Å². The van der Waals surface area contributed by atoms with E-state index in [0.717, 1.165) is 11.4 Å². The van der Waals surface area contributed by atoms with Crippen LogP contribution >= 0.6 is 0 Å². The zero-order valence-corrected chi connectivity index (χ0v) is 13.7. The number of guanidine groups is 1. The maximum atomic E-state index is 6.05. The van der Waals surface area contributed by atoms with Gasteiger partial charge < -0.3 is 20.5 Å². The number of hydrogen-bond donors (Lipinski definition) is 2. The van der Waals surface area contributed by atoms with Crippen molar-refractivity contribution in [3.05, 3.63) is 18.2 Å². The third-order valence-corrected chi connectivity index (χ3v) is 4.88. The van der Waals surface area contributed by atoms with E-state index in [4.69, 9.17) is 15.2 Å². The fourth-order valence-corrected chi connectivity index (χ4v) is 2.71. The molecule has 1 saturated carbocycles. The first kappa shape index (κ1) is 15.5. The van der Waals surface area contributed by atoms with Gasteiger partial charge in [-0.25, -0.2) is 4.99 Å². The largest absolute Gasteiger partial charge is 0.497 e. The van der Waals surface area contributed by atoms with E-state index in [1.807, 2.05) is 18.2 Å². The van der Waals surface area contributed by atoms with E-state index in [1.165, 1.54) is 0 Å². The lowest BCUT2D eigenvalue weighted by Gasteiger charge is -2.12. The summed E-state index contributed by atoms with van der Waals surface area (Å²) in [5.41, 5.74) is 7.12. The van der Waals surface area contributed by atoms with E-state index in [1.54, 1.807) is 14.2 Å². The molecule has 1 fully saturated rings. The summed E-state index contributed by atoms with van der Waals surface area (Å²) in [5.74, 6) is 1.83. The average Bonchev–Trinajstić information content (AvgIpc) is 2.81. The zero-order valence-electron chi connectivity index (χ0n) is 13.7. The van der Waals surface area contributed by atoms with Crippen LogP contribution in [0.2, 0.25) is 0 Å². The van der Waals surface area contributed by atoms with Gasteiger partial charge in [0.2, 0.25) is 0 Å². The highest BCUT2D eigenvalue weighted by Gasteiger charge is 2.65. The highest BCUT2D eigenvalue weighted by Crippen LogP contribution is 2.64. The van der Waals surface area contributed by atoms with Crippen LogP contribution in [0, 0.1) is 10.8 Å². The number of nitrogens with two attached hydrogens (primary N) is 1. The highest BCUT2D eigenvalue weighted by atomic mass is 16.5. The second-order valence-electron chi connectivity index (χ2n) is 6.55. The van der Waals surface area contributed by atoms with Gasteiger partial charge >= 0.3 is 0 Å². The molecule has 0 spiro atoms. The zero-order chi connectivity index (χ0) is 15.8. The van der Waals surface area contributed by atoms with Gasteiger partial charge in [0.25, 0.3) is 0 Å². The van der Waals surface area contributed by atoms with Crippen molar-refractivity contribution in [1.82, 2.24) is 0 Å². The van der Waals surface area contributed by atoms with Crippen LogP contribution in [0.4, 0.5) is 5.69 Å². The first-order valence-electron chi connectivity index (χ1n) is 7.06. The van der Waals surface area contributed by atoms with Gasteiger partial charge in [0.15, 0.2) is 5.96 Å². The van der Waals surface area contributed by atoms with Crippen LogP contribution in [-0.2, 0) is 0 Å². The molecule has 116 valence electrons. The molecule has 0 saturated heterocycles. The van der Waals surface area contributed by atoms with Crippen molar-refractivity contribution in [2.75, 3.05) is 19.5 Å². The van der Waals surface area contributed by atoms with Crippen LogP contribution in [0.5, 0.6) is 11.5 Å². The van der Waals surface area contributed by atoms with Crippen molar-refractivity contribution in [2.24, 2.45) is 21.6 Å². The minimum atomic E-state index is 0.164. The summed E-state index contributed by atoms with van der Waals surface area (Å²) in [6, 6.07) is 5.72. The van der Waals surface area contributed by atoms with E-state index >= 15 is 0 Å². The Bertz CT molecular complexity index is 551. The van der Waals surface area contributed by atoms with Crippen LogP contribution < -0.4 is 20.5 Å². The predicted molar refractivity (Wildman–Crippen MR) is 86.1 cm³/mol. The first-order valence-corrected chi connectivity index (χ1v) is 7.06. The predicted octanol–water partition coefficient (Wildman–Crippen LogP) is 2.87. The van der Waals surface area contributed by atoms with Crippen LogP contribution in [0.3, 0.4) is 0 Å². The molecular weight excluding hydrogens is 266 g/mol. The molecule has 0 amide bonds. The fraction of sp³-hybridized carbons (Fsp3) is 0.562. The molecule has 0 aliphatic heterocycles. The quantitative estimate of drug-likeness (QED) is 0.661. The summed E-state index contributed by atoms with van der Waals surface area (Å²) < 4.78 is 10.5. The number of methoxy groups -OCH3 is 2. The maximum Gasteiger partial charge on any atom is 0.193 e. The number of aliphatic imine (C=N–C) groups is 1. The number of nitrogens with zero attached hydrogens (tertiary/aromatic N) is 1. The van der Waals surface area contributed by atoms with Crippen LogP contribution in [0.15, 0.2) is 23.2 Å². The third kappa shape index (κ3) is 2.64. The second-order valence-corrected chi connectivity index (χ2v) is 6.55. The Balaban J connectivity index is 2.19. The molecule has 5 heteroatoms. The van der Waals surface area contributed by atoms with Crippen molar-refractivity contribution in [3.63, 3.8) is 0 Å². The minimum Gasteiger partial charge on any atom is -0.497 e. The van der Waals surface area contributed by atoms with Gasteiger partial charge in [-0.3, -0.25) is 0 Å². The summed E-state index contributed by atoms with van der Waals surface area (Å²) >= 11 is 0. The standard InChI is InChI=1S/C16H25N3O2/c1-15(2)13(16(15,3)4)19-14(17)18-11-9-10(20-5)7-8-12(11)21-6/h7-9,13H,1-6H3,(H3,17,18,19). The van der Waals surface area contributed by atoms with Gasteiger partial charge in [0, 0.05) is 6.07 Å². The Morgan fingerprint density at radius 3 is 2.24 bits per heavy atom. The van der Waals surface area contributed by atoms with Gasteiger partial charge in [0.1, 0.15) is 11.5 Å². The van der Waals surface area contributed by atoms with Crippen LogP contribution in [0.1, 0.15) is 27.7 Å². The molecule has 1 aliphatic carbocycles. The molecule has 2 rings (SSSR count). The number of benzene rings is 1. The molecule has 1 aromatic carbocycles. The Hall–Kier alpha value is -1.91. The Labute approximate surface area is 126 Å². The van der Waals surface area contributed by atoms with Crippen molar-refractivity contribution in [3.8, 4) is 11.5 Å². The molecule has 5 nitrogen and oxygen atoms in total. The van der Waals surface area contributed by atoms with Crippen molar-refractivity contribution in [2.45, 2.75) is 33.7 Å². The number of anilines is 1. The molecule has 1 aliphatic rings. The lowest BCUT2D eigenvalue weighted by molar-refractivity contribution is 0.405. The number of ether oxygens (including phenoxy) is 2. The van der Waals surface area contributed by atoms with E-state index in [-0.39, 0.29) is 16.9 Å². The van der Waals surface area contributed by atoms with E-state index in [0.29, 0.717) is 11.7 Å². The van der Waals surface area contributed by atoms with Gasteiger partial charge in [-0.15, -0.1) is 0 Å². The van der Waals surface area contributed by atoms with Gasteiger partial charge in [0.05, 0.1) is 25.9 Å². The maximum absolute atomic E-state index is 6.05. The summed E-state index contributed by atoms with van der Waals surface area (Å²) in [5, 5.41) is 3.11. The Morgan fingerprint density at radius 2 is 1.76 bits per heavy atom. The fourth-order valence-electron chi connectivity index (χ4n) is 2.71. The van der Waals surface area contributed by atoms with Gasteiger partial charge in [-0.1, -0.05) is 27.7 Å². The average molecular weight is 291 g/mol. The minimum absolute atomic E-state index is 0.164. The number of rotatable bonds is 4. The van der Waals surface area contributed by atoms with Crippen molar-refractivity contribution < 1.29 is 9.47 Å². The second kappa shape index (κ2) is 5.13. The van der Waals surface area contributed by atoms with E-state index in [9.17, 15) is 0 Å². The molecule has 3 N–H and O–H groups in total. The normalized spacial score (nSPS) is 20.0. The van der Waals surface area contributed by atoms with Gasteiger partial charge in [-0.05, 0) is 23.0 Å². The smallest absolute Gasteiger partial charge is 0.193 e. The lowest BCUT2D eigenvalue weighted by Crippen LogP contribution is -2.24. The molecule has 0 radical (unpaired) electrons. The molecule has 0 bridgehead atoms. The van der Waals surface area contributed by atoms with Crippen molar-refractivity contribution in [1.29, 1.82) is 0 Å². The SMILES string of the molecule is COc1ccc(OC)c(NC(N)=NC2C(C)(C)C2(C)C)c1. The van der Waals surface area contributed by atoms with Gasteiger partial charge in [-0.2, -0.15) is 0 Å². The van der Waals surface area contributed by atoms with E-state index < -0.39 is 0 Å². The molecule has 0 aromatic heterocycles. The summed E-state index contributed by atoms with van der Waals surface area (Å²) in [7, 11) is 3.24. The Kier molecular flexibility index (Phi) is 3.78. The molecule has 1 aromatic rings. The molecule has 0 unspecified atom stereocenters. The summed E-state index contributed by atoms with van der Waals surface area (Å²) in [4.78, 5) is 4.61. The lowest BCUT2D eigenvalue weighted by atomic mass is 10.0. The molecular formula is C16H25N3O2. The van der Waals surface area contributed by atoms with Crippen LogP contribution in [-0.4, -0.2) is 26.2 Å². The van der Waals surface area contributed by atoms with Crippen molar-refractivity contribution >= 4 is 11.6 Å². The number of hydrogen-bond acceptors (Lipinski definition) is 3. The highest BCUT2D eigenvalue weighted by molar-refractivity contribution is 5.94. The third-order valence-electron chi connectivity index (χ3n) is 4.88. The molecule has 0 atom stereocenters.